The largest absolute Gasteiger partial charge is 0.347 e. The van der Waals surface area contributed by atoms with Gasteiger partial charge in [-0.1, -0.05) is 6.92 Å². The van der Waals surface area contributed by atoms with E-state index in [0.29, 0.717) is 0 Å². The highest BCUT2D eigenvalue weighted by atomic mass is 16.2. The lowest BCUT2D eigenvalue weighted by Gasteiger charge is -2.29. The molecule has 0 aliphatic heterocycles. The Hall–Kier alpha value is -0.570. The third-order valence-corrected chi connectivity index (χ3v) is 2.30. The van der Waals surface area contributed by atoms with Gasteiger partial charge in [-0.3, -0.25) is 4.79 Å². The third-order valence-electron chi connectivity index (χ3n) is 2.30. The minimum Gasteiger partial charge on any atom is -0.347 e. The summed E-state index contributed by atoms with van der Waals surface area (Å²) in [6.45, 7) is 8.22. The minimum absolute atomic E-state index is 0.0328. The van der Waals surface area contributed by atoms with Crippen LogP contribution in [0.3, 0.4) is 0 Å². The van der Waals surface area contributed by atoms with Crippen LogP contribution in [0, 0.1) is 0 Å². The fraction of sp³-hybridized carbons (Fsp3) is 0.900. The Kier molecular flexibility index (Phi) is 4.40. The molecule has 0 aliphatic rings. The van der Waals surface area contributed by atoms with Crippen molar-refractivity contribution in [1.29, 1.82) is 0 Å². The van der Waals surface area contributed by atoms with Crippen molar-refractivity contribution in [3.05, 3.63) is 0 Å². The number of nitrogens with zero attached hydrogens (tertiary/aromatic N) is 1. The molecule has 0 aromatic rings. The van der Waals surface area contributed by atoms with Crippen LogP contribution in [0.25, 0.3) is 0 Å². The van der Waals surface area contributed by atoms with E-state index in [1.54, 1.807) is 19.0 Å². The van der Waals surface area contributed by atoms with Gasteiger partial charge in [0.05, 0.1) is 6.04 Å². The van der Waals surface area contributed by atoms with Gasteiger partial charge in [0, 0.05) is 19.6 Å². The smallest absolute Gasteiger partial charge is 0.238 e. The van der Waals surface area contributed by atoms with Crippen molar-refractivity contribution in [2.24, 2.45) is 0 Å². The average Bonchev–Trinajstić information content (AvgIpc) is 2.02. The maximum Gasteiger partial charge on any atom is 0.238 e. The highest BCUT2D eigenvalue weighted by Crippen LogP contribution is 2.08. The van der Waals surface area contributed by atoms with Crippen molar-refractivity contribution < 1.29 is 4.79 Å². The lowest BCUT2D eigenvalue weighted by molar-refractivity contribution is -0.131. The Labute approximate surface area is 81.5 Å². The van der Waals surface area contributed by atoms with E-state index in [-0.39, 0.29) is 17.5 Å². The topological polar surface area (TPSA) is 32.3 Å². The summed E-state index contributed by atoms with van der Waals surface area (Å²) in [5.74, 6) is 0.126. The van der Waals surface area contributed by atoms with Crippen LogP contribution >= 0.6 is 0 Å². The van der Waals surface area contributed by atoms with E-state index in [1.165, 1.54) is 0 Å². The summed E-state index contributed by atoms with van der Waals surface area (Å²) in [4.78, 5) is 13.1. The molecule has 0 radical (unpaired) electrons. The van der Waals surface area contributed by atoms with Crippen molar-refractivity contribution in [2.45, 2.75) is 45.7 Å². The van der Waals surface area contributed by atoms with E-state index in [1.807, 2.05) is 6.92 Å². The molecule has 1 unspecified atom stereocenters. The second-order valence-corrected chi connectivity index (χ2v) is 4.34. The maximum atomic E-state index is 11.5. The van der Waals surface area contributed by atoms with Crippen LogP contribution in [0.15, 0.2) is 0 Å². The molecule has 1 atom stereocenters. The predicted octanol–water partition coefficient (Wildman–Crippen LogP) is 1.24. The van der Waals surface area contributed by atoms with Gasteiger partial charge in [0.2, 0.25) is 5.91 Å². The Morgan fingerprint density at radius 2 is 1.92 bits per heavy atom. The first-order valence-corrected chi connectivity index (χ1v) is 4.79. The van der Waals surface area contributed by atoms with Crippen LogP contribution < -0.4 is 5.32 Å². The summed E-state index contributed by atoms with van der Waals surface area (Å²) >= 11 is 0. The van der Waals surface area contributed by atoms with E-state index in [9.17, 15) is 4.79 Å². The Balaban J connectivity index is 4.15. The number of carbonyl (C=O) groups is 1. The van der Waals surface area contributed by atoms with Crippen molar-refractivity contribution in [2.75, 3.05) is 14.1 Å². The molecule has 3 nitrogen and oxygen atoms in total. The lowest BCUT2D eigenvalue weighted by Crippen LogP contribution is -2.50. The normalized spacial score (nSPS) is 14.0. The zero-order valence-corrected chi connectivity index (χ0v) is 9.64. The molecule has 0 aromatic carbocycles. The van der Waals surface area contributed by atoms with Crippen molar-refractivity contribution in [3.8, 4) is 0 Å². The molecular weight excluding hydrogens is 164 g/mol. The summed E-state index contributed by atoms with van der Waals surface area (Å²) in [5.41, 5.74) is 0.0328. The number of hydrogen-bond donors (Lipinski definition) is 1. The SMILES string of the molecule is CCC(C)(C)NC(C)C(=O)N(C)C. The maximum absolute atomic E-state index is 11.5. The summed E-state index contributed by atoms with van der Waals surface area (Å²) < 4.78 is 0. The molecule has 0 bridgehead atoms. The first-order valence-electron chi connectivity index (χ1n) is 4.79. The number of amides is 1. The number of hydrogen-bond acceptors (Lipinski definition) is 2. The second-order valence-electron chi connectivity index (χ2n) is 4.34. The van der Waals surface area contributed by atoms with Crippen molar-refractivity contribution in [3.63, 3.8) is 0 Å². The summed E-state index contributed by atoms with van der Waals surface area (Å²) in [7, 11) is 3.55. The zero-order chi connectivity index (χ0) is 10.6. The quantitative estimate of drug-likeness (QED) is 0.716. The van der Waals surface area contributed by atoms with Gasteiger partial charge in [0.25, 0.3) is 0 Å². The molecule has 0 fully saturated rings. The molecule has 1 amide bonds. The van der Waals surface area contributed by atoms with E-state index >= 15 is 0 Å². The predicted molar refractivity (Wildman–Crippen MR) is 55.7 cm³/mol. The molecular formula is C10H22N2O. The summed E-state index contributed by atoms with van der Waals surface area (Å²) in [6, 6.07) is -0.107. The van der Waals surface area contributed by atoms with Crippen molar-refractivity contribution in [1.82, 2.24) is 10.2 Å². The molecule has 0 heterocycles. The Morgan fingerprint density at radius 1 is 1.46 bits per heavy atom. The summed E-state index contributed by atoms with van der Waals surface area (Å²) in [5, 5.41) is 3.30. The molecule has 0 saturated heterocycles. The summed E-state index contributed by atoms with van der Waals surface area (Å²) in [6.07, 6.45) is 1.01. The van der Waals surface area contributed by atoms with Crippen LogP contribution in [0.5, 0.6) is 0 Å². The Morgan fingerprint density at radius 3 is 2.23 bits per heavy atom. The molecule has 0 aliphatic carbocycles. The standard InChI is InChI=1S/C10H22N2O/c1-7-10(3,4)11-8(2)9(13)12(5)6/h8,11H,7H2,1-6H3. The molecule has 0 saturated carbocycles. The van der Waals surface area contributed by atoms with Crippen molar-refractivity contribution >= 4 is 5.91 Å². The van der Waals surface area contributed by atoms with Gasteiger partial charge in [-0.05, 0) is 27.2 Å². The minimum atomic E-state index is -0.107. The second kappa shape index (κ2) is 4.61. The van der Waals surface area contributed by atoms with E-state index in [4.69, 9.17) is 0 Å². The molecule has 0 aromatic heterocycles. The first kappa shape index (κ1) is 12.4. The van der Waals surface area contributed by atoms with E-state index < -0.39 is 0 Å². The number of nitrogens with one attached hydrogen (secondary N) is 1. The molecule has 1 N–H and O–H groups in total. The lowest BCUT2D eigenvalue weighted by atomic mass is 10.0. The molecule has 0 spiro atoms. The van der Waals surface area contributed by atoms with Gasteiger partial charge in [0.1, 0.15) is 0 Å². The fourth-order valence-corrected chi connectivity index (χ4v) is 1.14. The molecule has 3 heteroatoms. The first-order chi connectivity index (χ1) is 5.80. The van der Waals surface area contributed by atoms with Crippen LogP contribution in [0.1, 0.15) is 34.1 Å². The number of carbonyl (C=O) groups excluding carboxylic acids is 1. The Bertz CT molecular complexity index is 176. The van der Waals surface area contributed by atoms with Crippen LogP contribution in [-0.2, 0) is 4.79 Å². The van der Waals surface area contributed by atoms with Gasteiger partial charge in [-0.2, -0.15) is 0 Å². The molecule has 78 valence electrons. The fourth-order valence-electron chi connectivity index (χ4n) is 1.14. The average molecular weight is 186 g/mol. The van der Waals surface area contributed by atoms with Crippen LogP contribution in [-0.4, -0.2) is 36.5 Å². The molecule has 0 rings (SSSR count). The number of rotatable bonds is 4. The highest BCUT2D eigenvalue weighted by molar-refractivity contribution is 5.80. The van der Waals surface area contributed by atoms with Gasteiger partial charge in [-0.15, -0.1) is 0 Å². The van der Waals surface area contributed by atoms with Gasteiger partial charge in [-0.25, -0.2) is 0 Å². The van der Waals surface area contributed by atoms with Crippen LogP contribution in [0.2, 0.25) is 0 Å². The van der Waals surface area contributed by atoms with Gasteiger partial charge >= 0.3 is 0 Å². The molecule has 13 heavy (non-hydrogen) atoms. The van der Waals surface area contributed by atoms with E-state index in [2.05, 4.69) is 26.1 Å². The van der Waals surface area contributed by atoms with E-state index in [0.717, 1.165) is 6.42 Å². The van der Waals surface area contributed by atoms with Crippen LogP contribution in [0.4, 0.5) is 0 Å². The van der Waals surface area contributed by atoms with Gasteiger partial charge in [0.15, 0.2) is 0 Å². The monoisotopic (exact) mass is 186 g/mol. The number of likely N-dealkylation sites (N-methyl/N-ethyl adjacent to an activating group) is 1. The zero-order valence-electron chi connectivity index (χ0n) is 9.64. The third kappa shape index (κ3) is 4.27. The van der Waals surface area contributed by atoms with Gasteiger partial charge < -0.3 is 10.2 Å². The highest BCUT2D eigenvalue weighted by Gasteiger charge is 2.22.